The lowest BCUT2D eigenvalue weighted by molar-refractivity contribution is 0.125. The highest BCUT2D eigenvalue weighted by atomic mass is 16.6. The van der Waals surface area contributed by atoms with Crippen molar-refractivity contribution in [2.75, 3.05) is 40.5 Å². The number of nitrogens with zero attached hydrogens (tertiary/aromatic N) is 2. The smallest absolute Gasteiger partial charge is 0.142 e. The Morgan fingerprint density at radius 3 is 2.63 bits per heavy atom. The number of likely N-dealkylation sites (tertiary alicyclic amines) is 1. The molecule has 1 aromatic carbocycles. The van der Waals surface area contributed by atoms with E-state index in [1.54, 1.807) is 14.2 Å². The van der Waals surface area contributed by atoms with Crippen LogP contribution in [0.1, 0.15) is 29.7 Å². The first-order valence-electron chi connectivity index (χ1n) is 12.4. The highest BCUT2D eigenvalue weighted by molar-refractivity contribution is 5.82. The first-order chi connectivity index (χ1) is 17.2. The first kappa shape index (κ1) is 23.8. The van der Waals surface area contributed by atoms with E-state index in [0.717, 1.165) is 86.0 Å². The predicted octanol–water partition coefficient (Wildman–Crippen LogP) is 4.26. The van der Waals surface area contributed by atoms with E-state index in [9.17, 15) is 0 Å². The lowest BCUT2D eigenvalue weighted by Gasteiger charge is -2.32. The van der Waals surface area contributed by atoms with Crippen LogP contribution in [0.3, 0.4) is 0 Å². The monoisotopic (exact) mass is 474 g/mol. The fourth-order valence-corrected chi connectivity index (χ4v) is 5.01. The topological polar surface area (TPSA) is 71.8 Å². The van der Waals surface area contributed by atoms with E-state index in [4.69, 9.17) is 14.0 Å². The van der Waals surface area contributed by atoms with E-state index < -0.39 is 0 Å². The van der Waals surface area contributed by atoms with Gasteiger partial charge in [-0.15, -0.1) is 0 Å². The van der Waals surface area contributed by atoms with Gasteiger partial charge in [0.1, 0.15) is 11.5 Å². The summed E-state index contributed by atoms with van der Waals surface area (Å²) < 4.78 is 11.7. The van der Waals surface area contributed by atoms with Crippen LogP contribution in [-0.4, -0.2) is 56.4 Å². The van der Waals surface area contributed by atoms with Gasteiger partial charge in [-0.2, -0.15) is 0 Å². The number of hydroxylamine groups is 1. The van der Waals surface area contributed by atoms with E-state index in [0.29, 0.717) is 6.04 Å². The highest BCUT2D eigenvalue weighted by Crippen LogP contribution is 2.37. The number of aromatic nitrogens is 1. The zero-order valence-electron chi connectivity index (χ0n) is 20.5. The van der Waals surface area contributed by atoms with E-state index in [2.05, 4.69) is 51.0 Å². The fraction of sp³-hybridized carbons (Fsp3) is 0.393. The van der Waals surface area contributed by atoms with Crippen molar-refractivity contribution in [3.63, 3.8) is 0 Å². The van der Waals surface area contributed by atoms with Gasteiger partial charge in [-0.25, -0.2) is 0 Å². The third-order valence-electron chi connectivity index (χ3n) is 6.93. The average Bonchev–Trinajstić information content (AvgIpc) is 3.52. The second-order valence-electron chi connectivity index (χ2n) is 9.18. The van der Waals surface area contributed by atoms with Crippen molar-refractivity contribution >= 4 is 5.70 Å². The molecule has 5 rings (SSSR count). The minimum absolute atomic E-state index is 0.504. The second kappa shape index (κ2) is 11.2. The Labute approximate surface area is 207 Å². The first-order valence-corrected chi connectivity index (χ1v) is 12.4. The van der Waals surface area contributed by atoms with Crippen molar-refractivity contribution in [3.05, 3.63) is 71.8 Å². The number of piperidine rings is 1. The van der Waals surface area contributed by atoms with Gasteiger partial charge in [0.2, 0.25) is 0 Å². The maximum Gasteiger partial charge on any atom is 0.142 e. The summed E-state index contributed by atoms with van der Waals surface area (Å²) in [6, 6.07) is 13.3. The Hall–Kier alpha value is -2.97. The third-order valence-corrected chi connectivity index (χ3v) is 6.93. The van der Waals surface area contributed by atoms with E-state index in [1.165, 1.54) is 11.1 Å². The van der Waals surface area contributed by atoms with Gasteiger partial charge in [-0.3, -0.25) is 15.3 Å². The molecule has 2 aliphatic rings. The van der Waals surface area contributed by atoms with Crippen molar-refractivity contribution < 1.29 is 14.0 Å². The Balaban J connectivity index is 1.33. The molecule has 35 heavy (non-hydrogen) atoms. The normalized spacial score (nSPS) is 16.3. The van der Waals surface area contributed by atoms with Crippen molar-refractivity contribution in [1.29, 1.82) is 0 Å². The van der Waals surface area contributed by atoms with Crippen LogP contribution in [0, 0.1) is 0 Å². The number of fused-ring (bicyclic) bond motifs is 1. The zero-order chi connectivity index (χ0) is 24.0. The summed E-state index contributed by atoms with van der Waals surface area (Å²) in [5.41, 5.74) is 9.71. The van der Waals surface area contributed by atoms with Gasteiger partial charge in [0.05, 0.1) is 26.0 Å². The van der Waals surface area contributed by atoms with Crippen LogP contribution in [-0.2, 0) is 22.5 Å². The predicted molar refractivity (Wildman–Crippen MR) is 137 cm³/mol. The number of hydrogen-bond donors (Lipinski definition) is 2. The summed E-state index contributed by atoms with van der Waals surface area (Å²) in [6.45, 7) is 4.74. The largest absolute Gasteiger partial charge is 0.459 e. The van der Waals surface area contributed by atoms with Crippen LogP contribution in [0.25, 0.3) is 28.1 Å². The number of benzene rings is 1. The molecule has 0 amide bonds. The molecular formula is C28H34N4O3. The summed E-state index contributed by atoms with van der Waals surface area (Å²) in [6.07, 6.45) is 8.97. The van der Waals surface area contributed by atoms with Crippen LogP contribution < -0.4 is 10.8 Å². The number of hydrogen-bond acceptors (Lipinski definition) is 7. The summed E-state index contributed by atoms with van der Waals surface area (Å²) in [7, 11) is 3.40. The fourth-order valence-electron chi connectivity index (χ4n) is 5.01. The molecule has 2 N–H and O–H groups in total. The van der Waals surface area contributed by atoms with Gasteiger partial charge in [0.15, 0.2) is 0 Å². The molecule has 0 saturated carbocycles. The van der Waals surface area contributed by atoms with Crippen LogP contribution >= 0.6 is 0 Å². The Morgan fingerprint density at radius 2 is 1.86 bits per heavy atom. The van der Waals surface area contributed by atoms with Crippen LogP contribution in [0.15, 0.2) is 59.3 Å². The van der Waals surface area contributed by atoms with Crippen molar-refractivity contribution in [2.24, 2.45) is 0 Å². The Kier molecular flexibility index (Phi) is 7.59. The van der Waals surface area contributed by atoms with E-state index in [1.807, 2.05) is 24.5 Å². The molecule has 3 heterocycles. The molecule has 0 spiro atoms. The van der Waals surface area contributed by atoms with Crippen molar-refractivity contribution in [2.45, 2.75) is 31.8 Å². The maximum absolute atomic E-state index is 6.49. The zero-order valence-corrected chi connectivity index (χ0v) is 20.5. The van der Waals surface area contributed by atoms with Gasteiger partial charge in [-0.05, 0) is 67.7 Å². The molecule has 0 radical (unpaired) electrons. The molecule has 2 aromatic heterocycles. The van der Waals surface area contributed by atoms with Gasteiger partial charge >= 0.3 is 0 Å². The summed E-state index contributed by atoms with van der Waals surface area (Å²) in [5.74, 6) is 1.85. The minimum atomic E-state index is 0.504. The van der Waals surface area contributed by atoms with Crippen LogP contribution in [0.4, 0.5) is 0 Å². The molecular weight excluding hydrogens is 440 g/mol. The number of nitrogens with one attached hydrogen (secondary N) is 2. The van der Waals surface area contributed by atoms with Crippen LogP contribution in [0.2, 0.25) is 0 Å². The van der Waals surface area contributed by atoms with Gasteiger partial charge in [0, 0.05) is 48.8 Å². The summed E-state index contributed by atoms with van der Waals surface area (Å²) in [4.78, 5) is 11.8. The molecule has 184 valence electrons. The van der Waals surface area contributed by atoms with Gasteiger partial charge in [-0.1, -0.05) is 18.2 Å². The molecule has 1 fully saturated rings. The summed E-state index contributed by atoms with van der Waals surface area (Å²) in [5, 5.41) is 3.73. The number of ether oxygens (including phenoxy) is 1. The highest BCUT2D eigenvalue weighted by Gasteiger charge is 2.21. The Morgan fingerprint density at radius 1 is 1.03 bits per heavy atom. The van der Waals surface area contributed by atoms with Crippen LogP contribution in [0.5, 0.6) is 0 Å². The van der Waals surface area contributed by atoms with Crippen molar-refractivity contribution in [1.82, 2.24) is 20.7 Å². The number of methoxy groups -OCH3 is 1. The number of rotatable bonds is 10. The second-order valence-corrected chi connectivity index (χ2v) is 9.18. The van der Waals surface area contributed by atoms with Gasteiger partial charge in [0.25, 0.3) is 0 Å². The third kappa shape index (κ3) is 5.49. The molecule has 0 unspecified atom stereocenters. The standard InChI is InChI=1S/C28H34N4O3/c1-33-16-15-32-13-9-23(10-14-32)30-19-24-18-26(20-7-11-29-12-8-20)28(35-24)22-3-5-25-21(17-22)4-6-27(25)31-34-2/h3,5-8,11-12,17-18,23,30-31H,4,9-10,13-16,19H2,1-2H3. The minimum Gasteiger partial charge on any atom is -0.459 e. The number of pyridine rings is 1. The molecule has 1 aliphatic carbocycles. The quantitative estimate of drug-likeness (QED) is 0.426. The van der Waals surface area contributed by atoms with E-state index in [-0.39, 0.29) is 0 Å². The molecule has 3 aromatic rings. The van der Waals surface area contributed by atoms with Gasteiger partial charge < -0.3 is 19.4 Å². The maximum atomic E-state index is 6.49. The number of furan rings is 1. The number of allylic oxidation sites excluding steroid dienone is 1. The summed E-state index contributed by atoms with van der Waals surface area (Å²) >= 11 is 0. The molecule has 0 bridgehead atoms. The van der Waals surface area contributed by atoms with Crippen molar-refractivity contribution in [3.8, 4) is 22.5 Å². The molecule has 1 saturated heterocycles. The molecule has 0 atom stereocenters. The lowest BCUT2D eigenvalue weighted by atomic mass is 9.99. The molecule has 7 heteroatoms. The van der Waals surface area contributed by atoms with E-state index >= 15 is 0 Å². The average molecular weight is 475 g/mol. The molecule has 1 aliphatic heterocycles. The molecule has 7 nitrogen and oxygen atoms in total. The lowest BCUT2D eigenvalue weighted by Crippen LogP contribution is -2.43. The SMILES string of the molecule is COCCN1CCC(NCc2cc(-c3ccncc3)c(-c3ccc4c(c3)CC=C4NOC)o2)CC1. The Bertz CT molecular complexity index is 1150.